The minimum Gasteiger partial charge on any atom is -0.389 e. The predicted molar refractivity (Wildman–Crippen MR) is 172 cm³/mol. The number of ether oxygens (including phenoxy) is 1. The van der Waals surface area contributed by atoms with Gasteiger partial charge in [-0.25, -0.2) is 9.31 Å². The molecule has 2 N–H and O–H groups in total. The Labute approximate surface area is 265 Å². The predicted octanol–water partition coefficient (Wildman–Crippen LogP) is 3.62. The first-order chi connectivity index (χ1) is 22.4. The number of H-pyrrole nitrogens is 1. The van der Waals surface area contributed by atoms with Crippen LogP contribution in [0.25, 0.3) is 28.3 Å². The van der Waals surface area contributed by atoms with Crippen LogP contribution in [-0.2, 0) is 17.6 Å². The number of aromatic amines is 1. The third kappa shape index (κ3) is 5.95. The second-order valence-electron chi connectivity index (χ2n) is 12.5. The van der Waals surface area contributed by atoms with E-state index in [2.05, 4.69) is 32.0 Å². The Hall–Kier alpha value is -4.39. The van der Waals surface area contributed by atoms with Crippen molar-refractivity contribution in [2.45, 2.75) is 63.5 Å². The normalized spacial score (nSPS) is 20.8. The molecule has 240 valence electrons. The second-order valence-corrected chi connectivity index (χ2v) is 12.5. The van der Waals surface area contributed by atoms with Gasteiger partial charge in [0, 0.05) is 43.2 Å². The first-order valence-corrected chi connectivity index (χ1v) is 16.2. The number of nitrogens with one attached hydrogen (secondary N) is 1. The molecule has 0 radical (unpaired) electrons. The summed E-state index contributed by atoms with van der Waals surface area (Å²) in [7, 11) is 0. The minimum absolute atomic E-state index is 0.0306. The van der Waals surface area contributed by atoms with Gasteiger partial charge in [-0.1, -0.05) is 67.0 Å². The third-order valence-electron chi connectivity index (χ3n) is 9.45. The first kappa shape index (κ1) is 30.3. The van der Waals surface area contributed by atoms with E-state index in [1.165, 1.54) is 6.33 Å². The van der Waals surface area contributed by atoms with Gasteiger partial charge in [0.15, 0.2) is 5.82 Å². The molecule has 1 aliphatic carbocycles. The lowest BCUT2D eigenvalue weighted by atomic mass is 9.81. The average molecular weight is 626 g/mol. The molecular formula is C34H39N7O5. The molecule has 0 spiro atoms. The standard InChI is InChI=1S/C34H39N7O5/c1-2-5-29-28(20-23-8-10-24(11-9-23)26-6-3-4-7-27(26)30-37-33(43)46-38-30)31(42)40(32-35-22-36-41(29)32)25-12-14-34(44,15-13-25)21-39-16-18-45-19-17-39/h3-4,6-11,22,25,44H,2,5,12-21H2,1H3,(H,37,38,43)/t25-,34+. The summed E-state index contributed by atoms with van der Waals surface area (Å²) in [6, 6.07) is 15.7. The maximum absolute atomic E-state index is 14.4. The Morgan fingerprint density at radius 3 is 2.46 bits per heavy atom. The fourth-order valence-corrected chi connectivity index (χ4v) is 7.10. The van der Waals surface area contributed by atoms with E-state index in [1.54, 1.807) is 0 Å². The molecule has 2 aliphatic rings. The van der Waals surface area contributed by atoms with Crippen molar-refractivity contribution in [3.8, 4) is 22.5 Å². The smallest absolute Gasteiger partial charge is 0.389 e. The Morgan fingerprint density at radius 2 is 1.76 bits per heavy atom. The number of aliphatic hydroxyl groups is 1. The van der Waals surface area contributed by atoms with Gasteiger partial charge in [0.2, 0.25) is 5.78 Å². The molecule has 0 amide bonds. The van der Waals surface area contributed by atoms with Gasteiger partial charge < -0.3 is 9.84 Å². The molecule has 0 unspecified atom stereocenters. The van der Waals surface area contributed by atoms with E-state index in [1.807, 2.05) is 57.6 Å². The topological polar surface area (TPSA) is 144 Å². The first-order valence-electron chi connectivity index (χ1n) is 16.2. The third-order valence-corrected chi connectivity index (χ3v) is 9.45. The van der Waals surface area contributed by atoms with Crippen LogP contribution in [0.2, 0.25) is 0 Å². The highest BCUT2D eigenvalue weighted by molar-refractivity contribution is 5.80. The number of aromatic nitrogens is 6. The molecule has 1 saturated heterocycles. The quantitative estimate of drug-likeness (QED) is 0.251. The van der Waals surface area contributed by atoms with Crippen molar-refractivity contribution in [1.82, 2.24) is 34.2 Å². The number of fused-ring (bicyclic) bond motifs is 1. The van der Waals surface area contributed by atoms with E-state index in [4.69, 9.17) is 9.26 Å². The lowest BCUT2D eigenvalue weighted by Crippen LogP contribution is -2.49. The lowest BCUT2D eigenvalue weighted by molar-refractivity contribution is -0.0569. The Bertz CT molecular complexity index is 1930. The van der Waals surface area contributed by atoms with E-state index in [9.17, 15) is 14.7 Å². The largest absolute Gasteiger partial charge is 0.439 e. The minimum atomic E-state index is -0.768. The second kappa shape index (κ2) is 12.8. The number of hydrogen-bond acceptors (Lipinski definition) is 9. The Kier molecular flexibility index (Phi) is 8.41. The number of nitrogens with zero attached hydrogens (tertiary/aromatic N) is 6. The van der Waals surface area contributed by atoms with Crippen LogP contribution < -0.4 is 11.3 Å². The highest BCUT2D eigenvalue weighted by atomic mass is 16.5. The van der Waals surface area contributed by atoms with Crippen molar-refractivity contribution in [2.75, 3.05) is 32.8 Å². The summed E-state index contributed by atoms with van der Waals surface area (Å²) in [4.78, 5) is 35.5. The van der Waals surface area contributed by atoms with Crippen LogP contribution >= 0.6 is 0 Å². The number of hydrogen-bond donors (Lipinski definition) is 2. The van der Waals surface area contributed by atoms with Gasteiger partial charge >= 0.3 is 5.76 Å². The van der Waals surface area contributed by atoms with Crippen molar-refractivity contribution in [3.63, 3.8) is 0 Å². The molecule has 0 atom stereocenters. The molecule has 4 heterocycles. The molecule has 12 nitrogen and oxygen atoms in total. The number of rotatable bonds is 9. The average Bonchev–Trinajstić information content (AvgIpc) is 3.74. The highest BCUT2D eigenvalue weighted by Crippen LogP contribution is 2.36. The summed E-state index contributed by atoms with van der Waals surface area (Å²) in [5.41, 5.74) is 4.43. The van der Waals surface area contributed by atoms with Crippen molar-refractivity contribution in [3.05, 3.63) is 92.6 Å². The van der Waals surface area contributed by atoms with Gasteiger partial charge in [-0.3, -0.25) is 23.8 Å². The molecule has 3 aromatic heterocycles. The van der Waals surface area contributed by atoms with Gasteiger partial charge in [-0.05, 0) is 48.8 Å². The van der Waals surface area contributed by atoms with Crippen LogP contribution in [0.3, 0.4) is 0 Å². The summed E-state index contributed by atoms with van der Waals surface area (Å²) in [5.74, 6) is 0.339. The van der Waals surface area contributed by atoms with Crippen molar-refractivity contribution >= 4 is 5.78 Å². The van der Waals surface area contributed by atoms with Crippen LogP contribution in [0.4, 0.5) is 0 Å². The van der Waals surface area contributed by atoms with Crippen molar-refractivity contribution in [1.29, 1.82) is 0 Å². The molecular weight excluding hydrogens is 586 g/mol. The zero-order chi connectivity index (χ0) is 31.7. The van der Waals surface area contributed by atoms with Gasteiger partial charge in [-0.2, -0.15) is 10.1 Å². The van der Waals surface area contributed by atoms with Crippen LogP contribution in [-0.4, -0.2) is 77.8 Å². The van der Waals surface area contributed by atoms with Gasteiger partial charge in [0.05, 0.1) is 24.5 Å². The van der Waals surface area contributed by atoms with Crippen molar-refractivity contribution < 1.29 is 14.4 Å². The highest BCUT2D eigenvalue weighted by Gasteiger charge is 2.37. The SMILES string of the molecule is CCCc1c(Cc2ccc(-c3ccccc3-c3noc(=O)[nH]3)cc2)c(=O)n([C@H]2CC[C@](O)(CN3CCOCC3)CC2)c2ncnn12. The zero-order valence-electron chi connectivity index (χ0n) is 26.0. The maximum atomic E-state index is 14.4. The molecule has 1 aliphatic heterocycles. The number of β-amino-alcohol motifs (C(OH)–C–C–N with tert-alkyl or cyclic N) is 1. The number of benzene rings is 2. The maximum Gasteiger partial charge on any atom is 0.439 e. The van der Waals surface area contributed by atoms with E-state index >= 15 is 0 Å². The molecule has 1 saturated carbocycles. The lowest BCUT2D eigenvalue weighted by Gasteiger charge is -2.40. The van der Waals surface area contributed by atoms with E-state index in [0.29, 0.717) is 69.9 Å². The molecule has 5 aromatic rings. The fourth-order valence-electron chi connectivity index (χ4n) is 7.10. The molecule has 2 fully saturated rings. The zero-order valence-corrected chi connectivity index (χ0v) is 26.0. The summed E-state index contributed by atoms with van der Waals surface area (Å²) in [6.45, 7) is 5.81. The molecule has 12 heteroatoms. The van der Waals surface area contributed by atoms with E-state index < -0.39 is 11.4 Å². The molecule has 7 rings (SSSR count). The molecule has 2 aromatic carbocycles. The number of morpholine rings is 1. The van der Waals surface area contributed by atoms with Crippen LogP contribution in [0, 0.1) is 0 Å². The van der Waals surface area contributed by atoms with Crippen LogP contribution in [0.1, 0.15) is 61.9 Å². The molecule has 46 heavy (non-hydrogen) atoms. The summed E-state index contributed by atoms with van der Waals surface area (Å²) >= 11 is 0. The van der Waals surface area contributed by atoms with Gasteiger partial charge in [0.25, 0.3) is 5.56 Å². The summed E-state index contributed by atoms with van der Waals surface area (Å²) < 4.78 is 13.9. The van der Waals surface area contributed by atoms with Crippen LogP contribution in [0.15, 0.2) is 69.0 Å². The summed E-state index contributed by atoms with van der Waals surface area (Å²) in [6.07, 6.45) is 6.19. The number of aryl methyl sites for hydroxylation is 1. The Morgan fingerprint density at radius 1 is 1.02 bits per heavy atom. The summed E-state index contributed by atoms with van der Waals surface area (Å²) in [5, 5.41) is 19.9. The van der Waals surface area contributed by atoms with Gasteiger partial charge in [0.1, 0.15) is 6.33 Å². The van der Waals surface area contributed by atoms with Crippen molar-refractivity contribution in [2.24, 2.45) is 0 Å². The van der Waals surface area contributed by atoms with E-state index in [0.717, 1.165) is 53.0 Å². The van der Waals surface area contributed by atoms with E-state index in [-0.39, 0.29) is 11.6 Å². The monoisotopic (exact) mass is 625 g/mol. The fraction of sp³-hybridized carbons (Fsp3) is 0.441. The van der Waals surface area contributed by atoms with Crippen LogP contribution in [0.5, 0.6) is 0 Å². The molecule has 0 bridgehead atoms. The Balaban J connectivity index is 1.18. The van der Waals surface area contributed by atoms with Gasteiger partial charge in [-0.15, -0.1) is 0 Å².